The number of hydrogen-bond acceptors (Lipinski definition) is 8. The topological polar surface area (TPSA) is 175 Å². The number of fused-ring (bicyclic) bond motifs is 2. The molecule has 2 aromatic rings. The van der Waals surface area contributed by atoms with Crippen molar-refractivity contribution in [3.05, 3.63) is 70.8 Å². The summed E-state index contributed by atoms with van der Waals surface area (Å²) >= 11 is 0. The van der Waals surface area contributed by atoms with Crippen LogP contribution in [0.1, 0.15) is 70.1 Å². The average molecular weight is 781 g/mol. The number of benzene rings is 2. The third kappa shape index (κ3) is 9.69. The van der Waals surface area contributed by atoms with E-state index in [4.69, 9.17) is 4.74 Å². The summed E-state index contributed by atoms with van der Waals surface area (Å²) in [6.45, 7) is 6.68. The van der Waals surface area contributed by atoms with Crippen LogP contribution in [-0.2, 0) is 57.6 Å². The van der Waals surface area contributed by atoms with Crippen LogP contribution in [0.15, 0.2) is 42.5 Å². The van der Waals surface area contributed by atoms with Gasteiger partial charge < -0.3 is 35.4 Å². The summed E-state index contributed by atoms with van der Waals surface area (Å²) in [7, 11) is 1.42. The number of halogens is 2. The lowest BCUT2D eigenvalue weighted by Crippen LogP contribution is -2.62. The molecule has 3 aliphatic heterocycles. The summed E-state index contributed by atoms with van der Waals surface area (Å²) in [5.41, 5.74) is 1.76. The normalized spacial score (nSPS) is 25.6. The van der Waals surface area contributed by atoms with Crippen LogP contribution in [-0.4, -0.2) is 119 Å². The molecule has 0 radical (unpaired) electrons. The number of carbonyl (C=O) groups excluding carboxylic acids is 7. The molecule has 16 heteroatoms. The van der Waals surface area contributed by atoms with Crippen molar-refractivity contribution in [2.24, 2.45) is 0 Å². The monoisotopic (exact) mass is 780 g/mol. The van der Waals surface area contributed by atoms with Crippen LogP contribution < -0.4 is 16.0 Å². The zero-order valence-electron chi connectivity index (χ0n) is 32.3. The van der Waals surface area contributed by atoms with Crippen LogP contribution in [0.5, 0.6) is 0 Å². The van der Waals surface area contributed by atoms with E-state index in [0.29, 0.717) is 24.5 Å². The van der Waals surface area contributed by atoms with Gasteiger partial charge in [0, 0.05) is 32.6 Å². The van der Waals surface area contributed by atoms with Gasteiger partial charge in [0.2, 0.25) is 35.4 Å². The Balaban J connectivity index is 1.48. The van der Waals surface area contributed by atoms with Crippen molar-refractivity contribution in [2.45, 2.75) is 115 Å². The van der Waals surface area contributed by atoms with Gasteiger partial charge >= 0.3 is 5.97 Å². The van der Waals surface area contributed by atoms with Gasteiger partial charge in [-0.3, -0.25) is 28.8 Å². The third-order valence-corrected chi connectivity index (χ3v) is 10.8. The largest absolute Gasteiger partial charge is 0.458 e. The predicted octanol–water partition coefficient (Wildman–Crippen LogP) is 1.56. The van der Waals surface area contributed by atoms with Gasteiger partial charge in [-0.2, -0.15) is 0 Å². The summed E-state index contributed by atoms with van der Waals surface area (Å²) in [6.07, 6.45) is 0.320. The number of carbonyl (C=O) groups is 7. The first-order valence-electron chi connectivity index (χ1n) is 19.1. The maximum Gasteiger partial charge on any atom is 0.329 e. The van der Waals surface area contributed by atoms with Crippen molar-refractivity contribution in [3.63, 3.8) is 0 Å². The van der Waals surface area contributed by atoms with Crippen molar-refractivity contribution in [1.29, 1.82) is 0 Å². The molecule has 0 spiro atoms. The van der Waals surface area contributed by atoms with Crippen molar-refractivity contribution < 1.29 is 47.1 Å². The van der Waals surface area contributed by atoms with E-state index in [9.17, 15) is 42.3 Å². The summed E-state index contributed by atoms with van der Waals surface area (Å²) in [5.74, 6) is -6.59. The Morgan fingerprint density at radius 1 is 0.839 bits per heavy atom. The number of esters is 1. The molecule has 2 aromatic carbocycles. The minimum Gasteiger partial charge on any atom is -0.458 e. The molecule has 302 valence electrons. The van der Waals surface area contributed by atoms with Crippen LogP contribution in [0, 0.1) is 11.6 Å². The second-order valence-corrected chi connectivity index (χ2v) is 14.8. The molecule has 14 nitrogen and oxygen atoms in total. The Kier molecular flexibility index (Phi) is 13.4. The molecule has 6 amide bonds. The lowest BCUT2D eigenvalue weighted by Gasteiger charge is -2.36. The zero-order valence-corrected chi connectivity index (χ0v) is 32.3. The molecule has 3 saturated heterocycles. The molecular weight excluding hydrogens is 730 g/mol. The molecule has 0 saturated carbocycles. The summed E-state index contributed by atoms with van der Waals surface area (Å²) in [4.78, 5) is 100. The van der Waals surface area contributed by atoms with Crippen molar-refractivity contribution in [2.75, 3.05) is 20.1 Å². The van der Waals surface area contributed by atoms with Gasteiger partial charge in [-0.25, -0.2) is 13.6 Å². The van der Waals surface area contributed by atoms with E-state index in [1.807, 2.05) is 19.1 Å². The summed E-state index contributed by atoms with van der Waals surface area (Å²) in [5, 5.41) is 7.90. The van der Waals surface area contributed by atoms with Crippen molar-refractivity contribution in [3.8, 4) is 0 Å². The van der Waals surface area contributed by atoms with E-state index in [-0.39, 0.29) is 44.3 Å². The highest BCUT2D eigenvalue weighted by atomic mass is 19.1. The molecule has 56 heavy (non-hydrogen) atoms. The van der Waals surface area contributed by atoms with E-state index in [1.54, 1.807) is 12.1 Å². The first kappa shape index (κ1) is 41.7. The van der Waals surface area contributed by atoms with Gasteiger partial charge in [0.1, 0.15) is 54.0 Å². The fraction of sp³-hybridized carbons (Fsp3) is 0.525. The molecule has 3 aliphatic rings. The Labute approximate surface area is 324 Å². The highest BCUT2D eigenvalue weighted by Gasteiger charge is 2.45. The fourth-order valence-corrected chi connectivity index (χ4v) is 7.45. The number of hydrogen-bond donors (Lipinski definition) is 3. The Hall–Kier alpha value is -5.41. The van der Waals surface area contributed by atoms with Crippen LogP contribution >= 0.6 is 0 Å². The number of nitrogens with zero attached hydrogens (tertiary/aromatic N) is 3. The highest BCUT2D eigenvalue weighted by Crippen LogP contribution is 2.25. The van der Waals surface area contributed by atoms with Gasteiger partial charge in [0.05, 0.1) is 6.42 Å². The molecule has 7 atom stereocenters. The molecule has 5 rings (SSSR count). The Bertz CT molecular complexity index is 1820. The zero-order chi connectivity index (χ0) is 40.8. The molecule has 2 unspecified atom stereocenters. The molecular formula is C40H50F2N6O8. The van der Waals surface area contributed by atoms with Crippen LogP contribution in [0.3, 0.4) is 0 Å². The second-order valence-electron chi connectivity index (χ2n) is 14.8. The van der Waals surface area contributed by atoms with E-state index in [1.165, 1.54) is 42.5 Å². The van der Waals surface area contributed by atoms with E-state index >= 15 is 0 Å². The first-order valence-corrected chi connectivity index (χ1v) is 19.1. The number of cyclic esters (lactones) is 1. The number of aryl methyl sites for hydroxylation is 1. The molecule has 3 N–H and O–H groups in total. The Morgan fingerprint density at radius 3 is 2.05 bits per heavy atom. The Morgan fingerprint density at radius 2 is 1.43 bits per heavy atom. The summed E-state index contributed by atoms with van der Waals surface area (Å²) in [6, 6.07) is 2.83. The molecule has 0 bridgehead atoms. The van der Waals surface area contributed by atoms with Gasteiger partial charge in [-0.05, 0) is 81.7 Å². The minimum atomic E-state index is -1.60. The standard InChI is InChI=1S/C40H50F2N6O8/c1-6-25-11-13-26(14-12-25)20-33(49)44-30(19-27-17-28(41)21-29(42)18-27)36(51)45-34-24(4)56-40(55)32-10-8-16-48(32)37(52)22(2)43-35(50)23(3)46(5)38(53)31-9-7-15-47(31)39(34)54/h11-14,17-18,21-24,30-32,34H,6-10,15-16,19-20H2,1-5H3,(H,43,50)(H,44,49)(H,45,51)/t22-,23-,24-,30-,31?,32?,34-/m0/s1. The van der Waals surface area contributed by atoms with Crippen LogP contribution in [0.25, 0.3) is 0 Å². The lowest BCUT2D eigenvalue weighted by atomic mass is 10.0. The molecule has 3 heterocycles. The van der Waals surface area contributed by atoms with Crippen molar-refractivity contribution in [1.82, 2.24) is 30.7 Å². The number of amides is 6. The van der Waals surface area contributed by atoms with Gasteiger partial charge in [0.25, 0.3) is 0 Å². The maximum atomic E-state index is 14.5. The molecule has 0 aromatic heterocycles. The van der Waals surface area contributed by atoms with E-state index in [0.717, 1.165) is 24.1 Å². The minimum absolute atomic E-state index is 0.0469. The van der Waals surface area contributed by atoms with Crippen LogP contribution in [0.4, 0.5) is 8.78 Å². The summed E-state index contributed by atoms with van der Waals surface area (Å²) < 4.78 is 34.4. The van der Waals surface area contributed by atoms with E-state index < -0.39 is 95.4 Å². The second kappa shape index (κ2) is 18.0. The number of likely N-dealkylation sites (N-methyl/N-ethyl adjacent to an activating group) is 1. The van der Waals surface area contributed by atoms with E-state index in [2.05, 4.69) is 16.0 Å². The number of nitrogens with one attached hydrogen (secondary N) is 3. The lowest BCUT2D eigenvalue weighted by molar-refractivity contribution is -0.162. The van der Waals surface area contributed by atoms with Gasteiger partial charge in [-0.15, -0.1) is 0 Å². The first-order chi connectivity index (χ1) is 26.6. The van der Waals surface area contributed by atoms with Gasteiger partial charge in [0.15, 0.2) is 0 Å². The number of rotatable bonds is 8. The predicted molar refractivity (Wildman–Crippen MR) is 198 cm³/mol. The smallest absolute Gasteiger partial charge is 0.329 e. The van der Waals surface area contributed by atoms with Gasteiger partial charge in [-0.1, -0.05) is 31.2 Å². The highest BCUT2D eigenvalue weighted by molar-refractivity contribution is 5.97. The van der Waals surface area contributed by atoms with Crippen LogP contribution in [0.2, 0.25) is 0 Å². The fourth-order valence-electron chi connectivity index (χ4n) is 7.45. The third-order valence-electron chi connectivity index (χ3n) is 10.8. The van der Waals surface area contributed by atoms with Crippen molar-refractivity contribution >= 4 is 41.4 Å². The quantitative estimate of drug-likeness (QED) is 0.339. The maximum absolute atomic E-state index is 14.5. The molecule has 3 fully saturated rings. The molecule has 0 aliphatic carbocycles. The number of ether oxygens (including phenoxy) is 1. The SMILES string of the molecule is CCc1ccc(CC(=O)N[C@@H](Cc2cc(F)cc(F)c2)C(=O)N[C@@H]2C(=O)N3CCCC3C(=O)N(C)[C@@H](C)C(=O)N[C@@H](C)C(=O)N3CCCC3C(=O)O[C@H]2C)cc1. The average Bonchev–Trinajstić information content (AvgIpc) is 3.86.